The number of hydrogen-bond acceptors (Lipinski definition) is 0. The molecule has 0 aromatic carbocycles. The minimum atomic E-state index is 1.06. The molecule has 0 heterocycles. The molecule has 9 heavy (non-hydrogen) atoms. The van der Waals surface area contributed by atoms with Crippen molar-refractivity contribution >= 4 is 0 Å². The SMILES string of the molecule is [CH2]CCCCC=CC=C. The average Bonchev–Trinajstić information content (AvgIpc) is 1.89. The van der Waals surface area contributed by atoms with Gasteiger partial charge in [-0.15, -0.1) is 0 Å². The van der Waals surface area contributed by atoms with Crippen molar-refractivity contribution in [1.29, 1.82) is 0 Å². The molecule has 0 aromatic rings. The molecule has 0 amide bonds. The van der Waals surface area contributed by atoms with Gasteiger partial charge in [0.1, 0.15) is 0 Å². The van der Waals surface area contributed by atoms with Crippen LogP contribution in [0.25, 0.3) is 0 Å². The Balaban J connectivity index is 2.90. The van der Waals surface area contributed by atoms with E-state index >= 15 is 0 Å². The second-order valence-corrected chi connectivity index (χ2v) is 2.01. The molecule has 0 bridgehead atoms. The van der Waals surface area contributed by atoms with Gasteiger partial charge in [-0.25, -0.2) is 0 Å². The van der Waals surface area contributed by atoms with E-state index in [2.05, 4.69) is 19.6 Å². The van der Waals surface area contributed by atoms with E-state index in [-0.39, 0.29) is 0 Å². The van der Waals surface area contributed by atoms with Crippen LogP contribution in [-0.4, -0.2) is 0 Å². The maximum atomic E-state index is 3.76. The number of unbranched alkanes of at least 4 members (excludes halogenated alkanes) is 3. The van der Waals surface area contributed by atoms with Crippen LogP contribution in [0.3, 0.4) is 0 Å². The Morgan fingerprint density at radius 3 is 2.56 bits per heavy atom. The summed E-state index contributed by atoms with van der Waals surface area (Å²) < 4.78 is 0. The van der Waals surface area contributed by atoms with Crippen molar-refractivity contribution in [3.05, 3.63) is 31.7 Å². The Morgan fingerprint density at radius 2 is 2.00 bits per heavy atom. The summed E-state index contributed by atoms with van der Waals surface area (Å²) in [6, 6.07) is 0. The van der Waals surface area contributed by atoms with Crippen LogP contribution in [-0.2, 0) is 0 Å². The molecule has 0 aromatic heterocycles. The van der Waals surface area contributed by atoms with Gasteiger partial charge in [0.05, 0.1) is 0 Å². The number of allylic oxidation sites excluding steroid dienone is 3. The lowest BCUT2D eigenvalue weighted by molar-refractivity contribution is 0.760. The van der Waals surface area contributed by atoms with Crippen LogP contribution < -0.4 is 0 Å². The van der Waals surface area contributed by atoms with Gasteiger partial charge in [-0.1, -0.05) is 44.6 Å². The molecule has 0 aliphatic heterocycles. The zero-order chi connectivity index (χ0) is 6.95. The van der Waals surface area contributed by atoms with E-state index in [0.29, 0.717) is 0 Å². The molecule has 0 spiro atoms. The van der Waals surface area contributed by atoms with Crippen molar-refractivity contribution < 1.29 is 0 Å². The zero-order valence-electron chi connectivity index (χ0n) is 5.97. The van der Waals surface area contributed by atoms with E-state index in [4.69, 9.17) is 0 Å². The summed E-state index contributed by atoms with van der Waals surface area (Å²) >= 11 is 0. The molecular formula is C9H15. The van der Waals surface area contributed by atoms with E-state index in [1.54, 1.807) is 0 Å². The van der Waals surface area contributed by atoms with Gasteiger partial charge in [0.25, 0.3) is 0 Å². The van der Waals surface area contributed by atoms with Gasteiger partial charge in [0.15, 0.2) is 0 Å². The van der Waals surface area contributed by atoms with Crippen LogP contribution in [0.2, 0.25) is 0 Å². The van der Waals surface area contributed by atoms with Crippen LogP contribution in [0.4, 0.5) is 0 Å². The summed E-state index contributed by atoms with van der Waals surface area (Å²) in [5.74, 6) is 0. The molecular weight excluding hydrogens is 108 g/mol. The summed E-state index contributed by atoms with van der Waals surface area (Å²) in [4.78, 5) is 0. The molecule has 51 valence electrons. The number of hydrogen-bond donors (Lipinski definition) is 0. The van der Waals surface area contributed by atoms with E-state index < -0.39 is 0 Å². The fourth-order valence-corrected chi connectivity index (χ4v) is 0.631. The van der Waals surface area contributed by atoms with Crippen molar-refractivity contribution in [1.82, 2.24) is 0 Å². The average molecular weight is 123 g/mol. The van der Waals surface area contributed by atoms with Crippen molar-refractivity contribution in [2.75, 3.05) is 0 Å². The molecule has 1 radical (unpaired) electrons. The summed E-state index contributed by atoms with van der Waals surface area (Å²) in [5, 5.41) is 0. The highest BCUT2D eigenvalue weighted by molar-refractivity contribution is 4.96. The number of rotatable bonds is 5. The Bertz CT molecular complexity index is 80.0. The van der Waals surface area contributed by atoms with Crippen molar-refractivity contribution in [3.63, 3.8) is 0 Å². The van der Waals surface area contributed by atoms with Crippen LogP contribution in [0.15, 0.2) is 24.8 Å². The largest absolute Gasteiger partial charge is 0.0991 e. The van der Waals surface area contributed by atoms with E-state index in [1.165, 1.54) is 19.3 Å². The topological polar surface area (TPSA) is 0 Å². The van der Waals surface area contributed by atoms with Gasteiger partial charge < -0.3 is 0 Å². The van der Waals surface area contributed by atoms with Gasteiger partial charge in [0.2, 0.25) is 0 Å². The molecule has 0 fully saturated rings. The Hall–Kier alpha value is -0.520. The summed E-state index contributed by atoms with van der Waals surface area (Å²) in [6.45, 7) is 7.34. The lowest BCUT2D eigenvalue weighted by Gasteiger charge is -1.89. The molecule has 0 saturated carbocycles. The van der Waals surface area contributed by atoms with Crippen molar-refractivity contribution in [3.8, 4) is 0 Å². The lowest BCUT2D eigenvalue weighted by atomic mass is 10.2. The highest BCUT2D eigenvalue weighted by atomic mass is 13.8. The maximum absolute atomic E-state index is 3.76. The van der Waals surface area contributed by atoms with Gasteiger partial charge >= 0.3 is 0 Å². The van der Waals surface area contributed by atoms with Crippen LogP contribution in [0.5, 0.6) is 0 Å². The second kappa shape index (κ2) is 7.48. The highest BCUT2D eigenvalue weighted by Gasteiger charge is 1.79. The van der Waals surface area contributed by atoms with Crippen LogP contribution in [0, 0.1) is 6.92 Å². The van der Waals surface area contributed by atoms with Gasteiger partial charge in [0, 0.05) is 0 Å². The third kappa shape index (κ3) is 7.48. The smallest absolute Gasteiger partial charge is 0.0348 e. The third-order valence-electron chi connectivity index (χ3n) is 1.14. The van der Waals surface area contributed by atoms with Gasteiger partial charge in [-0.2, -0.15) is 0 Å². The third-order valence-corrected chi connectivity index (χ3v) is 1.14. The Labute approximate surface area is 58.3 Å². The monoisotopic (exact) mass is 123 g/mol. The second-order valence-electron chi connectivity index (χ2n) is 2.01. The van der Waals surface area contributed by atoms with Gasteiger partial charge in [-0.05, 0) is 12.8 Å². The van der Waals surface area contributed by atoms with Crippen LogP contribution >= 0.6 is 0 Å². The first-order valence-electron chi connectivity index (χ1n) is 3.48. The van der Waals surface area contributed by atoms with Crippen molar-refractivity contribution in [2.24, 2.45) is 0 Å². The fourth-order valence-electron chi connectivity index (χ4n) is 0.631. The quantitative estimate of drug-likeness (QED) is 0.389. The first-order valence-corrected chi connectivity index (χ1v) is 3.48. The maximum Gasteiger partial charge on any atom is -0.0348 e. The fraction of sp³-hybridized carbons (Fsp3) is 0.444. The molecule has 0 rings (SSSR count). The minimum Gasteiger partial charge on any atom is -0.0991 e. The molecule has 0 aliphatic carbocycles. The first-order chi connectivity index (χ1) is 4.41. The highest BCUT2D eigenvalue weighted by Crippen LogP contribution is 1.98. The molecule has 0 N–H and O–H groups in total. The van der Waals surface area contributed by atoms with Gasteiger partial charge in [-0.3, -0.25) is 0 Å². The lowest BCUT2D eigenvalue weighted by Crippen LogP contribution is -1.69. The van der Waals surface area contributed by atoms with E-state index in [1.807, 2.05) is 12.2 Å². The predicted molar refractivity (Wildman–Crippen MR) is 43.2 cm³/mol. The van der Waals surface area contributed by atoms with E-state index in [0.717, 1.165) is 6.42 Å². The van der Waals surface area contributed by atoms with Crippen LogP contribution in [0.1, 0.15) is 25.7 Å². The normalized spacial score (nSPS) is 10.3. The first kappa shape index (κ1) is 8.48. The summed E-state index contributed by atoms with van der Waals surface area (Å²) in [5.41, 5.74) is 0. The predicted octanol–water partition coefficient (Wildman–Crippen LogP) is 3.12. The Kier molecular flexibility index (Phi) is 7.05. The summed E-state index contributed by atoms with van der Waals surface area (Å²) in [7, 11) is 0. The van der Waals surface area contributed by atoms with Crippen molar-refractivity contribution in [2.45, 2.75) is 25.7 Å². The molecule has 0 heteroatoms. The molecule has 0 nitrogen and oxygen atoms in total. The molecule has 0 saturated heterocycles. The minimum absolute atomic E-state index is 1.06. The standard InChI is InChI=1S/C9H15/c1-3-5-7-9-8-6-4-2/h3,5,7H,1-2,4,6,8-9H2. The molecule has 0 atom stereocenters. The van der Waals surface area contributed by atoms with E-state index in [9.17, 15) is 0 Å². The summed E-state index contributed by atoms with van der Waals surface area (Å²) in [6.07, 6.45) is 10.7. The molecule has 0 unspecified atom stereocenters. The zero-order valence-corrected chi connectivity index (χ0v) is 5.97. The Morgan fingerprint density at radius 1 is 1.22 bits per heavy atom. The molecule has 0 aliphatic rings.